The van der Waals surface area contributed by atoms with Gasteiger partial charge in [-0.05, 0) is 41.5 Å². The van der Waals surface area contributed by atoms with Crippen molar-refractivity contribution >= 4 is 11.8 Å². The molecule has 0 fully saturated rings. The third-order valence-electron chi connectivity index (χ3n) is 4.44. The van der Waals surface area contributed by atoms with Gasteiger partial charge in [0.25, 0.3) is 0 Å². The van der Waals surface area contributed by atoms with Crippen LogP contribution in [0.1, 0.15) is 29.5 Å². The van der Waals surface area contributed by atoms with Gasteiger partial charge in [-0.1, -0.05) is 25.1 Å². The molecule has 2 aliphatic rings. The van der Waals surface area contributed by atoms with Crippen molar-refractivity contribution in [2.24, 2.45) is 4.99 Å². The summed E-state index contributed by atoms with van der Waals surface area (Å²) in [5, 5.41) is 0. The first-order valence-electron chi connectivity index (χ1n) is 8.05. The first kappa shape index (κ1) is 14.8. The molecule has 0 bridgehead atoms. The Kier molecular flexibility index (Phi) is 3.73. The van der Waals surface area contributed by atoms with Crippen LogP contribution in [0.4, 0.5) is 0 Å². The molecule has 0 saturated carbocycles. The van der Waals surface area contributed by atoms with Gasteiger partial charge < -0.3 is 14.2 Å². The van der Waals surface area contributed by atoms with Gasteiger partial charge >= 0.3 is 0 Å². The van der Waals surface area contributed by atoms with Crippen molar-refractivity contribution in [1.82, 2.24) is 0 Å². The molecule has 0 aliphatic carbocycles. The van der Waals surface area contributed by atoms with Crippen molar-refractivity contribution in [2.75, 3.05) is 20.4 Å². The predicted molar refractivity (Wildman–Crippen MR) is 94.4 cm³/mol. The molecular formula is C20H19NO3. The number of hydrogen-bond donors (Lipinski definition) is 0. The summed E-state index contributed by atoms with van der Waals surface area (Å²) in [5.74, 6) is 2.87. The van der Waals surface area contributed by atoms with Gasteiger partial charge in [-0.3, -0.25) is 4.99 Å². The fourth-order valence-corrected chi connectivity index (χ4v) is 3.04. The monoisotopic (exact) mass is 321 g/mol. The Hall–Kier alpha value is -2.75. The summed E-state index contributed by atoms with van der Waals surface area (Å²) in [5.41, 5.74) is 4.49. The van der Waals surface area contributed by atoms with Crippen LogP contribution in [0.5, 0.6) is 17.2 Å². The molecule has 1 unspecified atom stereocenters. The van der Waals surface area contributed by atoms with Crippen LogP contribution in [0.15, 0.2) is 47.5 Å². The van der Waals surface area contributed by atoms with Crippen LogP contribution in [0.2, 0.25) is 0 Å². The van der Waals surface area contributed by atoms with Crippen molar-refractivity contribution in [3.05, 3.63) is 59.2 Å². The highest BCUT2D eigenvalue weighted by atomic mass is 16.7. The molecule has 0 radical (unpaired) electrons. The normalized spacial score (nSPS) is 18.4. The maximum atomic E-state index is 5.52. The number of aliphatic imine (C=N–C) groups is 1. The quantitative estimate of drug-likeness (QED) is 0.856. The van der Waals surface area contributed by atoms with E-state index in [1.807, 2.05) is 30.3 Å². The summed E-state index contributed by atoms with van der Waals surface area (Å²) in [6.45, 7) is 3.27. The minimum atomic E-state index is 0.292. The second kappa shape index (κ2) is 6.04. The van der Waals surface area contributed by atoms with E-state index in [1.165, 1.54) is 5.56 Å². The molecule has 4 nitrogen and oxygen atoms in total. The van der Waals surface area contributed by atoms with Crippen LogP contribution in [0, 0.1) is 0 Å². The SMILES string of the molecule is COc1ccc(C=CC2=NCC(C)c3cc4c(cc32)OCO4)cc1. The Morgan fingerprint density at radius 2 is 1.83 bits per heavy atom. The Labute approximate surface area is 141 Å². The number of ether oxygens (including phenoxy) is 3. The summed E-state index contributed by atoms with van der Waals surface area (Å²) in [7, 11) is 1.67. The molecule has 2 aromatic rings. The summed E-state index contributed by atoms with van der Waals surface area (Å²) >= 11 is 0. The highest BCUT2D eigenvalue weighted by molar-refractivity contribution is 6.12. The van der Waals surface area contributed by atoms with Crippen LogP contribution in [-0.2, 0) is 0 Å². The smallest absolute Gasteiger partial charge is 0.231 e. The maximum Gasteiger partial charge on any atom is 0.231 e. The number of rotatable bonds is 3. The maximum absolute atomic E-state index is 5.52. The van der Waals surface area contributed by atoms with E-state index in [2.05, 4.69) is 25.1 Å². The number of allylic oxidation sites excluding steroid dienone is 1. The first-order valence-corrected chi connectivity index (χ1v) is 8.05. The third kappa shape index (κ3) is 2.64. The lowest BCUT2D eigenvalue weighted by atomic mass is 9.89. The number of fused-ring (bicyclic) bond motifs is 2. The molecule has 2 aromatic carbocycles. The Bertz CT molecular complexity index is 822. The standard InChI is InChI=1S/C20H19NO3/c1-13-11-21-18(8-5-14-3-6-15(22-2)7-4-14)17-10-20-19(9-16(13)17)23-12-24-20/h3-10,13H,11-12H2,1-2H3. The van der Waals surface area contributed by atoms with Gasteiger partial charge in [0.05, 0.1) is 12.8 Å². The lowest BCUT2D eigenvalue weighted by Gasteiger charge is -2.21. The molecule has 4 rings (SSSR count). The molecule has 2 heterocycles. The van der Waals surface area contributed by atoms with Crippen LogP contribution >= 0.6 is 0 Å². The summed E-state index contributed by atoms with van der Waals surface area (Å²) in [6, 6.07) is 12.1. The van der Waals surface area contributed by atoms with Gasteiger partial charge in [0.2, 0.25) is 6.79 Å². The van der Waals surface area contributed by atoms with Crippen molar-refractivity contribution in [1.29, 1.82) is 0 Å². The number of nitrogens with zero attached hydrogens (tertiary/aromatic N) is 1. The van der Waals surface area contributed by atoms with E-state index in [0.717, 1.165) is 40.6 Å². The summed E-state index contributed by atoms with van der Waals surface area (Å²) in [6.07, 6.45) is 4.14. The minimum absolute atomic E-state index is 0.292. The van der Waals surface area contributed by atoms with Crippen LogP contribution in [0.3, 0.4) is 0 Å². The fraction of sp³-hybridized carbons (Fsp3) is 0.250. The molecule has 0 spiro atoms. The van der Waals surface area contributed by atoms with E-state index in [-0.39, 0.29) is 0 Å². The third-order valence-corrected chi connectivity index (χ3v) is 4.44. The van der Waals surface area contributed by atoms with Crippen molar-refractivity contribution < 1.29 is 14.2 Å². The zero-order valence-corrected chi connectivity index (χ0v) is 13.8. The van der Waals surface area contributed by atoms with E-state index < -0.39 is 0 Å². The Balaban J connectivity index is 1.66. The van der Waals surface area contributed by atoms with Gasteiger partial charge in [-0.15, -0.1) is 0 Å². The number of benzene rings is 2. The van der Waals surface area contributed by atoms with Crippen molar-refractivity contribution in [3.8, 4) is 17.2 Å². The van der Waals surface area contributed by atoms with Gasteiger partial charge in [0, 0.05) is 18.0 Å². The fourth-order valence-electron chi connectivity index (χ4n) is 3.04. The summed E-state index contributed by atoms with van der Waals surface area (Å²) in [4.78, 5) is 4.73. The lowest BCUT2D eigenvalue weighted by Crippen LogP contribution is -2.14. The molecule has 2 aliphatic heterocycles. The van der Waals surface area contributed by atoms with E-state index in [0.29, 0.717) is 12.7 Å². The molecule has 24 heavy (non-hydrogen) atoms. The van der Waals surface area contributed by atoms with Gasteiger partial charge in [-0.2, -0.15) is 0 Å². The molecular weight excluding hydrogens is 302 g/mol. The number of hydrogen-bond acceptors (Lipinski definition) is 4. The second-order valence-electron chi connectivity index (χ2n) is 6.03. The van der Waals surface area contributed by atoms with Crippen molar-refractivity contribution in [3.63, 3.8) is 0 Å². The predicted octanol–water partition coefficient (Wildman–Crippen LogP) is 4.04. The zero-order chi connectivity index (χ0) is 16.5. The topological polar surface area (TPSA) is 40.0 Å². The molecule has 0 amide bonds. The molecule has 4 heteroatoms. The first-order chi connectivity index (χ1) is 11.7. The Morgan fingerprint density at radius 3 is 2.58 bits per heavy atom. The summed E-state index contributed by atoms with van der Waals surface area (Å²) < 4.78 is 16.2. The van der Waals surface area contributed by atoms with Gasteiger partial charge in [-0.25, -0.2) is 0 Å². The second-order valence-corrected chi connectivity index (χ2v) is 6.03. The van der Waals surface area contributed by atoms with Crippen LogP contribution in [0.25, 0.3) is 6.08 Å². The molecule has 0 aromatic heterocycles. The molecule has 1 atom stereocenters. The molecule has 0 N–H and O–H groups in total. The number of methoxy groups -OCH3 is 1. The van der Waals surface area contributed by atoms with Gasteiger partial charge in [0.1, 0.15) is 5.75 Å². The largest absolute Gasteiger partial charge is 0.497 e. The highest BCUT2D eigenvalue weighted by Gasteiger charge is 2.24. The van der Waals surface area contributed by atoms with E-state index in [1.54, 1.807) is 7.11 Å². The van der Waals surface area contributed by atoms with E-state index in [4.69, 9.17) is 19.2 Å². The lowest BCUT2D eigenvalue weighted by molar-refractivity contribution is 0.174. The highest BCUT2D eigenvalue weighted by Crippen LogP contribution is 2.39. The van der Waals surface area contributed by atoms with Crippen molar-refractivity contribution in [2.45, 2.75) is 12.8 Å². The average molecular weight is 321 g/mol. The van der Waals surface area contributed by atoms with E-state index >= 15 is 0 Å². The van der Waals surface area contributed by atoms with Crippen LogP contribution in [-0.4, -0.2) is 26.2 Å². The Morgan fingerprint density at radius 1 is 1.08 bits per heavy atom. The van der Waals surface area contributed by atoms with Gasteiger partial charge in [0.15, 0.2) is 11.5 Å². The minimum Gasteiger partial charge on any atom is -0.497 e. The van der Waals surface area contributed by atoms with Crippen LogP contribution < -0.4 is 14.2 Å². The van der Waals surface area contributed by atoms with E-state index in [9.17, 15) is 0 Å². The zero-order valence-electron chi connectivity index (χ0n) is 13.8. The molecule has 0 saturated heterocycles. The molecule has 122 valence electrons. The average Bonchev–Trinajstić information content (AvgIpc) is 3.08.